The molecular formula is C11H12N2O3. The lowest BCUT2D eigenvalue weighted by Crippen LogP contribution is -2.20. The Balaban J connectivity index is 2.69. The Morgan fingerprint density at radius 1 is 1.50 bits per heavy atom. The molecule has 1 rings (SSSR count). The van der Waals surface area contributed by atoms with Gasteiger partial charge in [0, 0.05) is 0 Å². The molecule has 0 aliphatic heterocycles. The predicted octanol–water partition coefficient (Wildman–Crippen LogP) is 0.794. The second-order valence-electron chi connectivity index (χ2n) is 2.96. The summed E-state index contributed by atoms with van der Waals surface area (Å²) < 4.78 is 4.58. The van der Waals surface area contributed by atoms with Gasteiger partial charge in [0.05, 0.1) is 24.4 Å². The summed E-state index contributed by atoms with van der Waals surface area (Å²) in [7, 11) is 0. The van der Waals surface area contributed by atoms with Gasteiger partial charge in [0.2, 0.25) is 5.78 Å². The van der Waals surface area contributed by atoms with Gasteiger partial charge in [0.1, 0.15) is 6.33 Å². The van der Waals surface area contributed by atoms with Crippen LogP contribution >= 0.6 is 0 Å². The molecule has 0 aliphatic rings. The first kappa shape index (κ1) is 12.0. The lowest BCUT2D eigenvalue weighted by Gasteiger charge is -2.01. The molecule has 0 amide bonds. The van der Waals surface area contributed by atoms with Crippen LogP contribution in [0, 0.1) is 0 Å². The topological polar surface area (TPSA) is 69.2 Å². The number of nitrogens with zero attached hydrogens (tertiary/aromatic N) is 2. The van der Waals surface area contributed by atoms with Gasteiger partial charge in [-0.2, -0.15) is 0 Å². The minimum atomic E-state index is -0.832. The number of carbonyl (C=O) groups excluding carboxylic acids is 2. The van der Waals surface area contributed by atoms with Gasteiger partial charge in [0.25, 0.3) is 0 Å². The van der Waals surface area contributed by atoms with Gasteiger partial charge in [-0.25, -0.2) is 14.8 Å². The average molecular weight is 220 g/mol. The number of rotatable bonds is 5. The van der Waals surface area contributed by atoms with E-state index in [9.17, 15) is 9.59 Å². The van der Waals surface area contributed by atoms with Crippen LogP contribution < -0.4 is 0 Å². The molecule has 0 unspecified atom stereocenters. The van der Waals surface area contributed by atoms with Crippen molar-refractivity contribution < 1.29 is 14.3 Å². The van der Waals surface area contributed by atoms with E-state index in [1.54, 1.807) is 19.1 Å². The number of carbonyl (C=O) groups is 2. The fourth-order valence-corrected chi connectivity index (χ4v) is 1.07. The number of hydrogen-bond acceptors (Lipinski definition) is 5. The van der Waals surface area contributed by atoms with Gasteiger partial charge in [0.15, 0.2) is 0 Å². The van der Waals surface area contributed by atoms with Crippen molar-refractivity contribution >= 4 is 17.8 Å². The number of ether oxygens (including phenoxy) is 1. The Labute approximate surface area is 93.2 Å². The summed E-state index contributed by atoms with van der Waals surface area (Å²) in [5.41, 5.74) is 1.09. The SMILES string of the molecule is C=Cc1cc(CC(=O)C(=O)OCC)ncn1. The van der Waals surface area contributed by atoms with Crippen LogP contribution in [0.25, 0.3) is 6.08 Å². The van der Waals surface area contributed by atoms with Gasteiger partial charge < -0.3 is 4.74 Å². The normalized spacial score (nSPS) is 9.56. The molecule has 1 aromatic heterocycles. The highest BCUT2D eigenvalue weighted by molar-refractivity contribution is 6.34. The van der Waals surface area contributed by atoms with Crippen molar-refractivity contribution in [3.05, 3.63) is 30.4 Å². The van der Waals surface area contributed by atoms with E-state index >= 15 is 0 Å². The summed E-state index contributed by atoms with van der Waals surface area (Å²) in [4.78, 5) is 30.2. The monoisotopic (exact) mass is 220 g/mol. The van der Waals surface area contributed by atoms with Crippen LogP contribution in [-0.4, -0.2) is 28.3 Å². The molecule has 0 aliphatic carbocycles. The summed E-state index contributed by atoms with van der Waals surface area (Å²) in [5, 5.41) is 0. The molecule has 0 bridgehead atoms. The van der Waals surface area contributed by atoms with Crippen molar-refractivity contribution in [1.29, 1.82) is 0 Å². The minimum absolute atomic E-state index is 0.0812. The lowest BCUT2D eigenvalue weighted by atomic mass is 10.2. The van der Waals surface area contributed by atoms with E-state index < -0.39 is 11.8 Å². The molecule has 0 saturated carbocycles. The van der Waals surface area contributed by atoms with Gasteiger partial charge >= 0.3 is 5.97 Å². The first-order chi connectivity index (χ1) is 7.67. The van der Waals surface area contributed by atoms with E-state index in [1.807, 2.05) is 0 Å². The summed E-state index contributed by atoms with van der Waals surface area (Å²) in [6.07, 6.45) is 2.78. The van der Waals surface area contributed by atoms with Crippen molar-refractivity contribution in [2.24, 2.45) is 0 Å². The molecule has 5 heteroatoms. The van der Waals surface area contributed by atoms with Crippen LogP contribution in [0.1, 0.15) is 18.3 Å². The number of ketones is 1. The zero-order valence-corrected chi connectivity index (χ0v) is 8.97. The third-order valence-electron chi connectivity index (χ3n) is 1.80. The maximum absolute atomic E-state index is 11.3. The van der Waals surface area contributed by atoms with Crippen LogP contribution in [0.15, 0.2) is 19.0 Å². The molecule has 1 aromatic rings. The lowest BCUT2D eigenvalue weighted by molar-refractivity contribution is -0.153. The van der Waals surface area contributed by atoms with Crippen molar-refractivity contribution in [2.45, 2.75) is 13.3 Å². The van der Waals surface area contributed by atoms with Gasteiger partial charge in [-0.05, 0) is 19.1 Å². The van der Waals surface area contributed by atoms with Crippen LogP contribution in [-0.2, 0) is 20.7 Å². The molecule has 0 fully saturated rings. The van der Waals surface area contributed by atoms with E-state index in [4.69, 9.17) is 0 Å². The smallest absolute Gasteiger partial charge is 0.375 e. The molecule has 0 atom stereocenters. The quantitative estimate of drug-likeness (QED) is 0.542. The maximum Gasteiger partial charge on any atom is 0.375 e. The molecule has 0 N–H and O–H groups in total. The number of hydrogen-bond donors (Lipinski definition) is 0. The molecular weight excluding hydrogens is 208 g/mol. The highest BCUT2D eigenvalue weighted by Gasteiger charge is 2.15. The zero-order chi connectivity index (χ0) is 12.0. The van der Waals surface area contributed by atoms with Crippen molar-refractivity contribution in [3.8, 4) is 0 Å². The van der Waals surface area contributed by atoms with E-state index in [2.05, 4.69) is 21.3 Å². The van der Waals surface area contributed by atoms with Gasteiger partial charge in [-0.15, -0.1) is 0 Å². The Morgan fingerprint density at radius 3 is 2.88 bits per heavy atom. The third-order valence-corrected chi connectivity index (χ3v) is 1.80. The Hall–Kier alpha value is -2.04. The second-order valence-corrected chi connectivity index (χ2v) is 2.96. The van der Waals surface area contributed by atoms with Crippen molar-refractivity contribution in [3.63, 3.8) is 0 Å². The molecule has 1 heterocycles. The minimum Gasteiger partial charge on any atom is -0.460 e. The molecule has 5 nitrogen and oxygen atoms in total. The first-order valence-electron chi connectivity index (χ1n) is 4.80. The van der Waals surface area contributed by atoms with E-state index in [0.29, 0.717) is 11.4 Å². The second kappa shape index (κ2) is 5.75. The average Bonchev–Trinajstić information content (AvgIpc) is 2.29. The van der Waals surface area contributed by atoms with Crippen molar-refractivity contribution in [1.82, 2.24) is 9.97 Å². The standard InChI is InChI=1S/C11H12N2O3/c1-3-8-5-9(13-7-12-8)6-10(14)11(15)16-4-2/h3,5,7H,1,4,6H2,2H3. The Bertz CT molecular complexity index is 415. The fourth-order valence-electron chi connectivity index (χ4n) is 1.07. The molecule has 0 aromatic carbocycles. The number of esters is 1. The molecule has 16 heavy (non-hydrogen) atoms. The summed E-state index contributed by atoms with van der Waals surface area (Å²) in [6.45, 7) is 5.38. The Morgan fingerprint density at radius 2 is 2.25 bits per heavy atom. The Kier molecular flexibility index (Phi) is 4.32. The first-order valence-corrected chi connectivity index (χ1v) is 4.80. The summed E-state index contributed by atoms with van der Waals surface area (Å²) in [5.74, 6) is -1.45. The van der Waals surface area contributed by atoms with Crippen LogP contribution in [0.2, 0.25) is 0 Å². The van der Waals surface area contributed by atoms with Gasteiger partial charge in [-0.1, -0.05) is 6.58 Å². The van der Waals surface area contributed by atoms with Gasteiger partial charge in [-0.3, -0.25) is 4.79 Å². The third kappa shape index (κ3) is 3.27. The fraction of sp³-hybridized carbons (Fsp3) is 0.273. The zero-order valence-electron chi connectivity index (χ0n) is 8.97. The van der Waals surface area contributed by atoms with Crippen LogP contribution in [0.5, 0.6) is 0 Å². The molecule has 0 saturated heterocycles. The van der Waals surface area contributed by atoms with E-state index in [0.717, 1.165) is 0 Å². The van der Waals surface area contributed by atoms with E-state index in [-0.39, 0.29) is 13.0 Å². The molecule has 0 spiro atoms. The van der Waals surface area contributed by atoms with Crippen molar-refractivity contribution in [2.75, 3.05) is 6.61 Å². The number of Topliss-reactive ketones (excluding diaryl/α,β-unsaturated/α-hetero) is 1. The van der Waals surface area contributed by atoms with Crippen LogP contribution in [0.3, 0.4) is 0 Å². The van der Waals surface area contributed by atoms with Crippen LogP contribution in [0.4, 0.5) is 0 Å². The summed E-state index contributed by atoms with van der Waals surface area (Å²) >= 11 is 0. The highest BCUT2D eigenvalue weighted by Crippen LogP contribution is 2.01. The van der Waals surface area contributed by atoms with E-state index in [1.165, 1.54) is 6.33 Å². The highest BCUT2D eigenvalue weighted by atomic mass is 16.5. The number of aromatic nitrogens is 2. The summed E-state index contributed by atoms with van der Waals surface area (Å²) in [6, 6.07) is 1.60. The molecule has 84 valence electrons. The largest absolute Gasteiger partial charge is 0.460 e. The maximum atomic E-state index is 11.3. The molecule has 0 radical (unpaired) electrons. The predicted molar refractivity (Wildman–Crippen MR) is 57.5 cm³/mol.